The second-order valence-corrected chi connectivity index (χ2v) is 9.20. The largest absolute Gasteiger partial charge is 0.492 e. The summed E-state index contributed by atoms with van der Waals surface area (Å²) in [6.45, 7) is 2.42. The Kier molecular flexibility index (Phi) is 7.59. The number of para-hydroxylation sites is 2. The highest BCUT2D eigenvalue weighted by Crippen LogP contribution is 2.27. The normalized spacial score (nSPS) is 10.7. The van der Waals surface area contributed by atoms with Crippen LogP contribution in [0.25, 0.3) is 10.8 Å². The van der Waals surface area contributed by atoms with E-state index in [1.807, 2.05) is 73.0 Å². The van der Waals surface area contributed by atoms with Crippen molar-refractivity contribution in [1.82, 2.24) is 4.98 Å². The number of rotatable bonds is 9. The van der Waals surface area contributed by atoms with Crippen LogP contribution in [0.4, 0.5) is 11.4 Å². The molecule has 0 spiro atoms. The van der Waals surface area contributed by atoms with Crippen molar-refractivity contribution in [1.29, 1.82) is 0 Å². The van der Waals surface area contributed by atoms with Gasteiger partial charge in [-0.2, -0.15) is 0 Å². The van der Waals surface area contributed by atoms with E-state index in [2.05, 4.69) is 15.6 Å². The van der Waals surface area contributed by atoms with Crippen LogP contribution in [-0.4, -0.2) is 29.2 Å². The summed E-state index contributed by atoms with van der Waals surface area (Å²) in [6.07, 6.45) is 0.153. The fourth-order valence-electron chi connectivity index (χ4n) is 3.29. The van der Waals surface area contributed by atoms with Gasteiger partial charge in [-0.1, -0.05) is 60.3 Å². The minimum atomic E-state index is -0.169. The summed E-state index contributed by atoms with van der Waals surface area (Å²) in [6, 6.07) is 21.1. The van der Waals surface area contributed by atoms with E-state index < -0.39 is 0 Å². The number of thioether (sulfide) groups is 1. The summed E-state index contributed by atoms with van der Waals surface area (Å²) in [7, 11) is 0. The highest BCUT2D eigenvalue weighted by molar-refractivity contribution is 8.01. The summed E-state index contributed by atoms with van der Waals surface area (Å²) in [5, 5.41) is 9.78. The number of fused-ring (bicyclic) bond motifs is 1. The minimum absolute atomic E-state index is 0.0987. The molecule has 2 N–H and O–H groups in total. The van der Waals surface area contributed by atoms with Gasteiger partial charge in [-0.15, -0.1) is 11.3 Å². The summed E-state index contributed by atoms with van der Waals surface area (Å²) < 4.78 is 6.29. The number of anilines is 2. The van der Waals surface area contributed by atoms with Crippen molar-refractivity contribution in [2.45, 2.75) is 17.7 Å². The van der Waals surface area contributed by atoms with Gasteiger partial charge in [0.2, 0.25) is 11.8 Å². The number of nitrogens with one attached hydrogen (secondary N) is 2. The van der Waals surface area contributed by atoms with Crippen LogP contribution in [0.15, 0.2) is 76.4 Å². The van der Waals surface area contributed by atoms with Gasteiger partial charge in [0.05, 0.1) is 30.2 Å². The first-order valence-corrected chi connectivity index (χ1v) is 12.4. The predicted molar refractivity (Wildman–Crippen MR) is 135 cm³/mol. The molecule has 0 atom stereocenters. The van der Waals surface area contributed by atoms with Crippen LogP contribution in [0.2, 0.25) is 0 Å². The van der Waals surface area contributed by atoms with Gasteiger partial charge in [-0.25, -0.2) is 4.98 Å². The lowest BCUT2D eigenvalue weighted by Crippen LogP contribution is -2.15. The van der Waals surface area contributed by atoms with E-state index in [4.69, 9.17) is 4.74 Å². The van der Waals surface area contributed by atoms with Crippen molar-refractivity contribution in [3.63, 3.8) is 0 Å². The lowest BCUT2D eigenvalue weighted by atomic mass is 10.1. The Labute approximate surface area is 200 Å². The highest BCUT2D eigenvalue weighted by atomic mass is 32.2. The van der Waals surface area contributed by atoms with Gasteiger partial charge in [-0.05, 0) is 30.5 Å². The van der Waals surface area contributed by atoms with Crippen LogP contribution in [0.5, 0.6) is 5.75 Å². The molecule has 0 aliphatic rings. The number of hydrogen-bond donors (Lipinski definition) is 2. The molecule has 0 aliphatic carbocycles. The Bertz CT molecular complexity index is 1270. The molecule has 0 bridgehead atoms. The minimum Gasteiger partial charge on any atom is -0.492 e. The fourth-order valence-corrected chi connectivity index (χ4v) is 4.94. The molecule has 0 saturated carbocycles. The average Bonchev–Trinajstić information content (AvgIpc) is 3.26. The quantitative estimate of drug-likeness (QED) is 0.307. The number of hydrogen-bond acceptors (Lipinski definition) is 6. The number of amides is 2. The molecule has 8 heteroatoms. The van der Waals surface area contributed by atoms with E-state index in [0.717, 1.165) is 20.8 Å². The first kappa shape index (κ1) is 22.8. The summed E-state index contributed by atoms with van der Waals surface area (Å²) in [5.41, 5.74) is 2.10. The molecule has 6 nitrogen and oxygen atoms in total. The van der Waals surface area contributed by atoms with Crippen molar-refractivity contribution >= 4 is 57.1 Å². The third-order valence-corrected chi connectivity index (χ3v) is 6.79. The Balaban J connectivity index is 1.30. The molecule has 3 aromatic carbocycles. The molecule has 168 valence electrons. The molecular formula is C25H23N3O3S2. The number of carbonyl (C=O) groups excluding carboxylic acids is 2. The van der Waals surface area contributed by atoms with Crippen molar-refractivity contribution < 1.29 is 14.3 Å². The smallest absolute Gasteiger partial charge is 0.234 e. The molecule has 1 heterocycles. The third kappa shape index (κ3) is 6.12. The Morgan fingerprint density at radius 3 is 2.55 bits per heavy atom. The van der Waals surface area contributed by atoms with Crippen LogP contribution in [0.3, 0.4) is 0 Å². The van der Waals surface area contributed by atoms with Gasteiger partial charge in [0.25, 0.3) is 0 Å². The lowest BCUT2D eigenvalue weighted by molar-refractivity contribution is -0.116. The third-order valence-electron chi connectivity index (χ3n) is 4.72. The SMILES string of the molecule is CCOc1ccccc1NC(=O)Cc1csc(SCC(=O)Nc2cccc3ccccc23)n1. The van der Waals surface area contributed by atoms with Crippen molar-refractivity contribution in [3.8, 4) is 5.75 Å². The number of aromatic nitrogens is 1. The van der Waals surface area contributed by atoms with Gasteiger partial charge < -0.3 is 15.4 Å². The molecule has 33 heavy (non-hydrogen) atoms. The van der Waals surface area contributed by atoms with E-state index in [-0.39, 0.29) is 24.0 Å². The Morgan fingerprint density at radius 2 is 1.67 bits per heavy atom. The molecule has 4 rings (SSSR count). The summed E-state index contributed by atoms with van der Waals surface area (Å²) in [5.74, 6) is 0.612. The maximum absolute atomic E-state index is 12.5. The number of thiazole rings is 1. The molecule has 1 aromatic heterocycles. The van der Waals surface area contributed by atoms with Crippen LogP contribution in [-0.2, 0) is 16.0 Å². The molecular weight excluding hydrogens is 454 g/mol. The topological polar surface area (TPSA) is 80.3 Å². The van der Waals surface area contributed by atoms with Crippen molar-refractivity contribution in [3.05, 3.63) is 77.8 Å². The molecule has 0 fully saturated rings. The van der Waals surface area contributed by atoms with Crippen molar-refractivity contribution in [2.75, 3.05) is 23.0 Å². The second kappa shape index (κ2) is 11.0. The van der Waals surface area contributed by atoms with E-state index in [9.17, 15) is 9.59 Å². The zero-order valence-corrected chi connectivity index (χ0v) is 19.7. The molecule has 0 unspecified atom stereocenters. The molecule has 2 amide bonds. The monoisotopic (exact) mass is 477 g/mol. The predicted octanol–water partition coefficient (Wildman–Crippen LogP) is 5.61. The van der Waals surface area contributed by atoms with Crippen LogP contribution in [0, 0.1) is 0 Å². The average molecular weight is 478 g/mol. The highest BCUT2D eigenvalue weighted by Gasteiger charge is 2.12. The summed E-state index contributed by atoms with van der Waals surface area (Å²) >= 11 is 2.78. The van der Waals surface area contributed by atoms with Gasteiger partial charge in [-0.3, -0.25) is 9.59 Å². The van der Waals surface area contributed by atoms with E-state index in [1.165, 1.54) is 23.1 Å². The summed E-state index contributed by atoms with van der Waals surface area (Å²) in [4.78, 5) is 29.4. The first-order valence-electron chi connectivity index (χ1n) is 10.5. The zero-order valence-electron chi connectivity index (χ0n) is 18.0. The van der Waals surface area contributed by atoms with Crippen LogP contribution < -0.4 is 15.4 Å². The van der Waals surface area contributed by atoms with Gasteiger partial charge in [0.1, 0.15) is 5.75 Å². The van der Waals surface area contributed by atoms with E-state index in [0.29, 0.717) is 23.7 Å². The van der Waals surface area contributed by atoms with E-state index >= 15 is 0 Å². The Morgan fingerprint density at radius 1 is 0.939 bits per heavy atom. The standard InChI is InChI=1S/C25H23N3O3S2/c1-2-31-22-13-6-5-11-21(22)28-23(29)14-18-15-32-25(26-18)33-16-24(30)27-20-12-7-9-17-8-3-4-10-19(17)20/h3-13,15H,2,14,16H2,1H3,(H,27,30)(H,28,29). The number of carbonyl (C=O) groups is 2. The maximum atomic E-state index is 12.5. The fraction of sp³-hybridized carbons (Fsp3) is 0.160. The molecule has 0 aliphatic heterocycles. The first-order chi connectivity index (χ1) is 16.1. The van der Waals surface area contributed by atoms with Crippen LogP contribution >= 0.6 is 23.1 Å². The van der Waals surface area contributed by atoms with E-state index in [1.54, 1.807) is 6.07 Å². The lowest BCUT2D eigenvalue weighted by Gasteiger charge is -2.10. The maximum Gasteiger partial charge on any atom is 0.234 e. The number of benzene rings is 3. The van der Waals surface area contributed by atoms with Crippen LogP contribution in [0.1, 0.15) is 12.6 Å². The Hall–Kier alpha value is -3.36. The van der Waals surface area contributed by atoms with Gasteiger partial charge in [0.15, 0.2) is 4.34 Å². The van der Waals surface area contributed by atoms with Gasteiger partial charge in [0, 0.05) is 16.5 Å². The molecule has 0 saturated heterocycles. The number of ether oxygens (including phenoxy) is 1. The number of nitrogens with zero attached hydrogens (tertiary/aromatic N) is 1. The van der Waals surface area contributed by atoms with Crippen molar-refractivity contribution in [2.24, 2.45) is 0 Å². The second-order valence-electron chi connectivity index (χ2n) is 7.12. The van der Waals surface area contributed by atoms with Gasteiger partial charge >= 0.3 is 0 Å². The molecule has 4 aromatic rings. The molecule has 0 radical (unpaired) electrons. The zero-order chi connectivity index (χ0) is 23.0.